The summed E-state index contributed by atoms with van der Waals surface area (Å²) in [7, 11) is 0. The number of fused-ring (bicyclic) bond motifs is 1. The first-order chi connectivity index (χ1) is 10.1. The van der Waals surface area contributed by atoms with Gasteiger partial charge < -0.3 is 10.1 Å². The molecule has 0 bridgehead atoms. The molecule has 0 saturated carbocycles. The molecule has 0 aliphatic carbocycles. The Balaban J connectivity index is 2.30. The number of H-pyrrole nitrogens is 1. The number of nitrogens with zero attached hydrogens (tertiary/aromatic N) is 1. The number of aromatic carboxylic acids is 1. The van der Waals surface area contributed by atoms with Crippen LogP contribution in [0.5, 0.6) is 0 Å². The second kappa shape index (κ2) is 4.82. The number of rotatable bonds is 2. The van der Waals surface area contributed by atoms with E-state index in [0.717, 1.165) is 12.3 Å². The van der Waals surface area contributed by atoms with Gasteiger partial charge in [-0.15, -0.1) is 0 Å². The SMILES string of the molecule is O=C(O)c1c[nH]c2cc(-c3ccccn3)c(F)cc2c1=O. The maximum absolute atomic E-state index is 14.2. The molecule has 0 radical (unpaired) electrons. The molecule has 2 heterocycles. The molecule has 3 rings (SSSR count). The number of aromatic amines is 1. The van der Waals surface area contributed by atoms with Crippen LogP contribution >= 0.6 is 0 Å². The van der Waals surface area contributed by atoms with Gasteiger partial charge in [-0.1, -0.05) is 6.07 Å². The zero-order valence-corrected chi connectivity index (χ0v) is 10.6. The lowest BCUT2D eigenvalue weighted by Crippen LogP contribution is -2.15. The Kier molecular flexibility index (Phi) is 2.98. The average Bonchev–Trinajstić information content (AvgIpc) is 2.48. The van der Waals surface area contributed by atoms with Crippen LogP contribution in [0, 0.1) is 5.82 Å². The molecule has 21 heavy (non-hydrogen) atoms. The fourth-order valence-electron chi connectivity index (χ4n) is 2.12. The lowest BCUT2D eigenvalue weighted by atomic mass is 10.1. The van der Waals surface area contributed by atoms with E-state index in [4.69, 9.17) is 5.11 Å². The number of carboxylic acids is 1. The molecule has 2 N–H and O–H groups in total. The summed E-state index contributed by atoms with van der Waals surface area (Å²) in [5, 5.41) is 8.90. The number of benzene rings is 1. The third-order valence-electron chi connectivity index (χ3n) is 3.14. The number of nitrogens with one attached hydrogen (secondary N) is 1. The van der Waals surface area contributed by atoms with Crippen molar-refractivity contribution in [3.8, 4) is 11.3 Å². The summed E-state index contributed by atoms with van der Waals surface area (Å²) in [5.74, 6) is -1.98. The minimum atomic E-state index is -1.35. The summed E-state index contributed by atoms with van der Waals surface area (Å²) in [6.07, 6.45) is 2.64. The van der Waals surface area contributed by atoms with Gasteiger partial charge in [-0.3, -0.25) is 9.78 Å². The molecule has 104 valence electrons. The Hall–Kier alpha value is -3.02. The van der Waals surface area contributed by atoms with E-state index in [0.29, 0.717) is 11.2 Å². The van der Waals surface area contributed by atoms with Crippen LogP contribution in [0.2, 0.25) is 0 Å². The number of aromatic nitrogens is 2. The molecule has 0 unspecified atom stereocenters. The standard InChI is InChI=1S/C15H9FN2O3/c16-11-5-9-13(18-7-10(14(9)19)15(20)21)6-8(11)12-3-1-2-4-17-12/h1-7H,(H,18,19)(H,20,21). The predicted molar refractivity (Wildman–Crippen MR) is 74.7 cm³/mol. The van der Waals surface area contributed by atoms with E-state index in [1.807, 2.05) is 0 Å². The van der Waals surface area contributed by atoms with Crippen LogP contribution in [0.3, 0.4) is 0 Å². The summed E-state index contributed by atoms with van der Waals surface area (Å²) in [4.78, 5) is 29.7. The van der Waals surface area contributed by atoms with Crippen molar-refractivity contribution in [2.75, 3.05) is 0 Å². The van der Waals surface area contributed by atoms with Crippen LogP contribution in [0.25, 0.3) is 22.2 Å². The fraction of sp³-hybridized carbons (Fsp3) is 0. The van der Waals surface area contributed by atoms with Gasteiger partial charge in [-0.05, 0) is 24.3 Å². The second-order valence-corrected chi connectivity index (χ2v) is 4.43. The minimum absolute atomic E-state index is 0.00733. The summed E-state index contributed by atoms with van der Waals surface area (Å²) in [6.45, 7) is 0. The molecule has 5 nitrogen and oxygen atoms in total. The first kappa shape index (κ1) is 13.0. The maximum Gasteiger partial charge on any atom is 0.341 e. The minimum Gasteiger partial charge on any atom is -0.477 e. The van der Waals surface area contributed by atoms with Crippen LogP contribution in [-0.4, -0.2) is 21.0 Å². The summed E-state index contributed by atoms with van der Waals surface area (Å²) < 4.78 is 14.2. The number of halogens is 1. The molecular weight excluding hydrogens is 275 g/mol. The van der Waals surface area contributed by atoms with Crippen molar-refractivity contribution < 1.29 is 14.3 Å². The molecule has 0 amide bonds. The van der Waals surface area contributed by atoms with Crippen molar-refractivity contribution in [3.05, 3.63) is 64.3 Å². The van der Waals surface area contributed by atoms with Gasteiger partial charge >= 0.3 is 5.97 Å². The molecule has 0 aliphatic heterocycles. The van der Waals surface area contributed by atoms with Gasteiger partial charge in [-0.25, -0.2) is 9.18 Å². The zero-order chi connectivity index (χ0) is 15.0. The van der Waals surface area contributed by atoms with Crippen LogP contribution < -0.4 is 5.43 Å². The maximum atomic E-state index is 14.2. The molecule has 0 aliphatic rings. The highest BCUT2D eigenvalue weighted by Crippen LogP contribution is 2.24. The lowest BCUT2D eigenvalue weighted by Gasteiger charge is -2.06. The zero-order valence-electron chi connectivity index (χ0n) is 10.6. The van der Waals surface area contributed by atoms with E-state index in [1.165, 1.54) is 12.3 Å². The van der Waals surface area contributed by atoms with Crippen LogP contribution in [0.4, 0.5) is 4.39 Å². The van der Waals surface area contributed by atoms with Gasteiger partial charge in [0.2, 0.25) is 5.43 Å². The Bertz CT molecular complexity index is 904. The summed E-state index contributed by atoms with van der Waals surface area (Å²) in [6, 6.07) is 7.56. The monoisotopic (exact) mass is 284 g/mol. The van der Waals surface area contributed by atoms with Crippen molar-refractivity contribution in [2.45, 2.75) is 0 Å². The van der Waals surface area contributed by atoms with E-state index in [-0.39, 0.29) is 10.9 Å². The van der Waals surface area contributed by atoms with Gasteiger partial charge in [0.25, 0.3) is 0 Å². The lowest BCUT2D eigenvalue weighted by molar-refractivity contribution is 0.0695. The van der Waals surface area contributed by atoms with Crippen LogP contribution in [0.1, 0.15) is 10.4 Å². The van der Waals surface area contributed by atoms with Crippen molar-refractivity contribution in [1.82, 2.24) is 9.97 Å². The van der Waals surface area contributed by atoms with Crippen molar-refractivity contribution >= 4 is 16.9 Å². The van der Waals surface area contributed by atoms with Gasteiger partial charge in [0.05, 0.1) is 11.2 Å². The molecule has 0 spiro atoms. The van der Waals surface area contributed by atoms with E-state index in [2.05, 4.69) is 9.97 Å². The molecule has 6 heteroatoms. The molecule has 3 aromatic rings. The Morgan fingerprint density at radius 3 is 2.76 bits per heavy atom. The van der Waals surface area contributed by atoms with Crippen LogP contribution in [-0.2, 0) is 0 Å². The van der Waals surface area contributed by atoms with Gasteiger partial charge in [-0.2, -0.15) is 0 Å². The molecule has 1 aromatic carbocycles. The number of pyridine rings is 2. The summed E-state index contributed by atoms with van der Waals surface area (Å²) in [5.41, 5.74) is -0.121. The molecular formula is C15H9FN2O3. The molecule has 0 saturated heterocycles. The Morgan fingerprint density at radius 1 is 1.29 bits per heavy atom. The highest BCUT2D eigenvalue weighted by atomic mass is 19.1. The van der Waals surface area contributed by atoms with Gasteiger partial charge in [0.15, 0.2) is 0 Å². The highest BCUT2D eigenvalue weighted by molar-refractivity contribution is 5.93. The van der Waals surface area contributed by atoms with E-state index >= 15 is 0 Å². The van der Waals surface area contributed by atoms with Crippen LogP contribution in [0.15, 0.2) is 47.5 Å². The second-order valence-electron chi connectivity index (χ2n) is 4.43. The fourth-order valence-corrected chi connectivity index (χ4v) is 2.12. The number of hydrogen-bond acceptors (Lipinski definition) is 3. The number of carbonyl (C=O) groups is 1. The first-order valence-corrected chi connectivity index (χ1v) is 6.07. The smallest absolute Gasteiger partial charge is 0.341 e. The third-order valence-corrected chi connectivity index (χ3v) is 3.14. The topological polar surface area (TPSA) is 83.0 Å². The van der Waals surface area contributed by atoms with E-state index in [9.17, 15) is 14.0 Å². The van der Waals surface area contributed by atoms with Gasteiger partial charge in [0.1, 0.15) is 11.4 Å². The van der Waals surface area contributed by atoms with Crippen molar-refractivity contribution in [2.24, 2.45) is 0 Å². The average molecular weight is 284 g/mol. The highest BCUT2D eigenvalue weighted by Gasteiger charge is 2.15. The van der Waals surface area contributed by atoms with Crippen molar-refractivity contribution in [3.63, 3.8) is 0 Å². The van der Waals surface area contributed by atoms with Crippen molar-refractivity contribution in [1.29, 1.82) is 0 Å². The van der Waals surface area contributed by atoms with E-state index < -0.39 is 22.8 Å². The first-order valence-electron chi connectivity index (χ1n) is 6.07. The number of carboxylic acid groups (broad SMARTS) is 1. The molecule has 0 atom stereocenters. The van der Waals surface area contributed by atoms with E-state index in [1.54, 1.807) is 18.2 Å². The van der Waals surface area contributed by atoms with Gasteiger partial charge in [0, 0.05) is 23.3 Å². The normalized spacial score (nSPS) is 10.7. The largest absolute Gasteiger partial charge is 0.477 e. The third kappa shape index (κ3) is 2.16. The molecule has 2 aromatic heterocycles. The Labute approximate surface area is 117 Å². The quantitative estimate of drug-likeness (QED) is 0.757. The Morgan fingerprint density at radius 2 is 2.10 bits per heavy atom. The summed E-state index contributed by atoms with van der Waals surface area (Å²) >= 11 is 0. The predicted octanol–water partition coefficient (Wildman–Crippen LogP) is 2.43. The molecule has 0 fully saturated rings. The number of hydrogen-bond donors (Lipinski definition) is 2.